The summed E-state index contributed by atoms with van der Waals surface area (Å²) in [5.41, 5.74) is -0.00998. The lowest BCUT2D eigenvalue weighted by Crippen LogP contribution is -2.42. The Morgan fingerprint density at radius 3 is 2.52 bits per heavy atom. The summed E-state index contributed by atoms with van der Waals surface area (Å²) >= 11 is 1.22. The molecule has 2 aromatic carbocycles. The van der Waals surface area contributed by atoms with Gasteiger partial charge >= 0.3 is 0 Å². The number of methoxy groups -OCH3 is 1. The second kappa shape index (κ2) is 10.3. The lowest BCUT2D eigenvalue weighted by Gasteiger charge is -2.14. The zero-order chi connectivity index (χ0) is 24.2. The SMILES string of the molecule is COCC(C)NC(=O)Cn1c(=O)/c(=C/c2ccc3ccccc3c2)s/c1=C/C(=O)C(C)(C)C. The maximum Gasteiger partial charge on any atom is 0.269 e. The van der Waals surface area contributed by atoms with Gasteiger partial charge in [0.1, 0.15) is 11.2 Å². The van der Waals surface area contributed by atoms with Crippen LogP contribution >= 0.6 is 11.3 Å². The van der Waals surface area contributed by atoms with Gasteiger partial charge in [0, 0.05) is 24.6 Å². The molecule has 1 atom stereocenters. The van der Waals surface area contributed by atoms with E-state index in [4.69, 9.17) is 4.74 Å². The molecular weight excluding hydrogens is 436 g/mol. The number of hydrogen-bond acceptors (Lipinski definition) is 5. The summed E-state index contributed by atoms with van der Waals surface area (Å²) in [4.78, 5) is 38.5. The first-order chi connectivity index (χ1) is 15.6. The lowest BCUT2D eigenvalue weighted by molar-refractivity contribution is -0.123. The van der Waals surface area contributed by atoms with Crippen LogP contribution in [0.25, 0.3) is 22.9 Å². The molecule has 1 unspecified atom stereocenters. The zero-order valence-corrected chi connectivity index (χ0v) is 20.5. The molecule has 3 rings (SSSR count). The van der Waals surface area contributed by atoms with Gasteiger partial charge in [-0.05, 0) is 35.4 Å². The molecule has 174 valence electrons. The van der Waals surface area contributed by atoms with Crippen molar-refractivity contribution in [2.45, 2.75) is 40.3 Å². The number of carbonyl (C=O) groups excluding carboxylic acids is 2. The topological polar surface area (TPSA) is 77.4 Å². The van der Waals surface area contributed by atoms with Crippen molar-refractivity contribution in [3.63, 3.8) is 0 Å². The van der Waals surface area contributed by atoms with Crippen LogP contribution in [0.3, 0.4) is 0 Å². The summed E-state index contributed by atoms with van der Waals surface area (Å²) in [5.74, 6) is -0.419. The highest BCUT2D eigenvalue weighted by Crippen LogP contribution is 2.16. The van der Waals surface area contributed by atoms with Gasteiger partial charge in [0.25, 0.3) is 5.56 Å². The first-order valence-electron chi connectivity index (χ1n) is 10.8. The fourth-order valence-corrected chi connectivity index (χ4v) is 4.37. The van der Waals surface area contributed by atoms with Crippen molar-refractivity contribution in [1.82, 2.24) is 9.88 Å². The average molecular weight is 467 g/mol. The Hall–Kier alpha value is -3.03. The molecule has 0 aliphatic heterocycles. The van der Waals surface area contributed by atoms with E-state index in [2.05, 4.69) is 5.32 Å². The number of thiazole rings is 1. The molecule has 6 nitrogen and oxygen atoms in total. The summed E-state index contributed by atoms with van der Waals surface area (Å²) < 4.78 is 7.36. The standard InChI is InChI=1S/C26H30N2O4S/c1-17(16-32-5)27-23(30)15-28-24(14-22(29)26(2,3)4)33-21(25(28)31)13-18-10-11-19-8-6-7-9-20(19)12-18/h6-14,17H,15-16H2,1-5H3,(H,27,30)/b21-13-,24-14+. The highest BCUT2D eigenvalue weighted by atomic mass is 32.1. The number of aromatic nitrogens is 1. The number of fused-ring (bicyclic) bond motifs is 1. The first-order valence-corrected chi connectivity index (χ1v) is 11.6. The fourth-order valence-electron chi connectivity index (χ4n) is 3.33. The predicted molar refractivity (Wildman–Crippen MR) is 134 cm³/mol. The van der Waals surface area contributed by atoms with Crippen molar-refractivity contribution >= 4 is 46.0 Å². The van der Waals surface area contributed by atoms with Gasteiger partial charge in [-0.1, -0.05) is 57.2 Å². The van der Waals surface area contributed by atoms with Crippen molar-refractivity contribution in [2.24, 2.45) is 5.41 Å². The van der Waals surface area contributed by atoms with E-state index >= 15 is 0 Å². The van der Waals surface area contributed by atoms with Crippen LogP contribution in [0.5, 0.6) is 0 Å². The number of ether oxygens (including phenoxy) is 1. The molecule has 0 radical (unpaired) electrons. The predicted octanol–water partition coefficient (Wildman–Crippen LogP) is 2.44. The molecule has 1 N–H and O–H groups in total. The van der Waals surface area contributed by atoms with Crippen molar-refractivity contribution in [1.29, 1.82) is 0 Å². The van der Waals surface area contributed by atoms with Crippen LogP contribution in [0.2, 0.25) is 0 Å². The van der Waals surface area contributed by atoms with Gasteiger partial charge in [0.15, 0.2) is 5.78 Å². The smallest absolute Gasteiger partial charge is 0.269 e. The van der Waals surface area contributed by atoms with Gasteiger partial charge in [-0.15, -0.1) is 11.3 Å². The van der Waals surface area contributed by atoms with E-state index in [9.17, 15) is 14.4 Å². The Morgan fingerprint density at radius 1 is 1.15 bits per heavy atom. The minimum Gasteiger partial charge on any atom is -0.383 e. The number of hydrogen-bond donors (Lipinski definition) is 1. The van der Waals surface area contributed by atoms with Gasteiger partial charge in [-0.3, -0.25) is 19.0 Å². The maximum absolute atomic E-state index is 13.2. The van der Waals surface area contributed by atoms with Crippen LogP contribution in [0.15, 0.2) is 47.3 Å². The number of nitrogens with one attached hydrogen (secondary N) is 1. The molecule has 0 bridgehead atoms. The van der Waals surface area contributed by atoms with E-state index in [1.807, 2.05) is 70.2 Å². The number of benzene rings is 2. The third-order valence-electron chi connectivity index (χ3n) is 5.13. The minimum atomic E-state index is -0.595. The van der Waals surface area contributed by atoms with Gasteiger partial charge in [-0.25, -0.2) is 0 Å². The van der Waals surface area contributed by atoms with Crippen LogP contribution in [-0.4, -0.2) is 36.0 Å². The van der Waals surface area contributed by atoms with Crippen molar-refractivity contribution in [2.75, 3.05) is 13.7 Å². The van der Waals surface area contributed by atoms with E-state index in [1.165, 1.54) is 22.0 Å². The second-order valence-corrected chi connectivity index (χ2v) is 10.2. The van der Waals surface area contributed by atoms with E-state index in [-0.39, 0.29) is 29.8 Å². The molecule has 0 saturated carbocycles. The van der Waals surface area contributed by atoms with E-state index in [0.717, 1.165) is 16.3 Å². The van der Waals surface area contributed by atoms with Crippen LogP contribution < -0.4 is 20.1 Å². The average Bonchev–Trinajstić information content (AvgIpc) is 3.01. The van der Waals surface area contributed by atoms with Gasteiger partial charge in [0.2, 0.25) is 5.91 Å². The number of Topliss-reactive ketones (excluding diaryl/α,β-unsaturated/α-hetero) is 1. The Labute approximate surface area is 197 Å². The third kappa shape index (κ3) is 6.27. The fraction of sp³-hybridized carbons (Fsp3) is 0.346. The normalized spacial score (nSPS) is 14.0. The van der Waals surface area contributed by atoms with Crippen LogP contribution in [0.1, 0.15) is 33.3 Å². The van der Waals surface area contributed by atoms with Gasteiger partial charge in [-0.2, -0.15) is 0 Å². The molecule has 7 heteroatoms. The largest absolute Gasteiger partial charge is 0.383 e. The first kappa shape index (κ1) is 24.6. The quantitative estimate of drug-likeness (QED) is 0.580. The van der Waals surface area contributed by atoms with Crippen LogP contribution in [0, 0.1) is 5.41 Å². The van der Waals surface area contributed by atoms with E-state index in [0.29, 0.717) is 15.8 Å². The van der Waals surface area contributed by atoms with Gasteiger partial charge in [0.05, 0.1) is 11.1 Å². The summed E-state index contributed by atoms with van der Waals surface area (Å²) in [7, 11) is 1.56. The molecular formula is C26H30N2O4S. The number of rotatable bonds is 7. The molecule has 1 aromatic heterocycles. The Bertz CT molecular complexity index is 1350. The zero-order valence-electron chi connectivity index (χ0n) is 19.7. The highest BCUT2D eigenvalue weighted by molar-refractivity contribution is 7.07. The lowest BCUT2D eigenvalue weighted by atomic mass is 9.91. The van der Waals surface area contributed by atoms with Crippen LogP contribution in [0.4, 0.5) is 0 Å². The third-order valence-corrected chi connectivity index (χ3v) is 6.19. The van der Waals surface area contributed by atoms with Gasteiger partial charge < -0.3 is 10.1 Å². The molecule has 3 aromatic rings. The molecule has 0 spiro atoms. The van der Waals surface area contributed by atoms with Crippen LogP contribution in [-0.2, 0) is 20.9 Å². The Balaban J connectivity index is 2.08. The molecule has 33 heavy (non-hydrogen) atoms. The molecule has 0 fully saturated rings. The monoisotopic (exact) mass is 466 g/mol. The highest BCUT2D eigenvalue weighted by Gasteiger charge is 2.20. The Morgan fingerprint density at radius 2 is 1.85 bits per heavy atom. The number of ketones is 1. The molecule has 1 amide bonds. The summed E-state index contributed by atoms with van der Waals surface area (Å²) in [6.45, 7) is 7.49. The summed E-state index contributed by atoms with van der Waals surface area (Å²) in [5, 5.41) is 5.01. The summed E-state index contributed by atoms with van der Waals surface area (Å²) in [6.07, 6.45) is 3.27. The molecule has 0 saturated heterocycles. The van der Waals surface area contributed by atoms with Crippen molar-refractivity contribution in [3.05, 3.63) is 67.6 Å². The van der Waals surface area contributed by atoms with Crippen molar-refractivity contribution < 1.29 is 14.3 Å². The van der Waals surface area contributed by atoms with Crippen molar-refractivity contribution in [3.8, 4) is 0 Å². The Kier molecular flexibility index (Phi) is 7.66. The number of carbonyl (C=O) groups is 2. The molecule has 0 aliphatic rings. The minimum absolute atomic E-state index is 0.108. The summed E-state index contributed by atoms with van der Waals surface area (Å²) in [6, 6.07) is 13.8. The maximum atomic E-state index is 13.2. The van der Waals surface area contributed by atoms with E-state index < -0.39 is 5.41 Å². The second-order valence-electron chi connectivity index (χ2n) is 9.13. The van der Waals surface area contributed by atoms with E-state index in [1.54, 1.807) is 13.2 Å². The number of nitrogens with zero attached hydrogens (tertiary/aromatic N) is 1. The molecule has 0 aliphatic carbocycles. The molecule has 1 heterocycles. The number of amides is 1.